The molecule has 0 spiro atoms. The van der Waals surface area contributed by atoms with E-state index in [-0.39, 0.29) is 17.1 Å². The third-order valence-electron chi connectivity index (χ3n) is 4.19. The van der Waals surface area contributed by atoms with Crippen molar-refractivity contribution in [2.75, 3.05) is 6.54 Å². The van der Waals surface area contributed by atoms with E-state index < -0.39 is 14.9 Å². The quantitative estimate of drug-likeness (QED) is 0.356. The minimum absolute atomic E-state index is 0.122. The zero-order valence-corrected chi connectivity index (χ0v) is 16.6. The Kier molecular flexibility index (Phi) is 5.09. The highest BCUT2D eigenvalue weighted by atomic mass is 32.2. The van der Waals surface area contributed by atoms with E-state index in [2.05, 4.69) is 14.8 Å². The maximum Gasteiger partial charge on any atom is 0.270 e. The van der Waals surface area contributed by atoms with Gasteiger partial charge in [0.25, 0.3) is 5.69 Å². The number of non-ortho nitro benzene ring substituents is 1. The zero-order valence-electron chi connectivity index (χ0n) is 14.9. The van der Waals surface area contributed by atoms with Gasteiger partial charge in [-0.2, -0.15) is 4.98 Å². The lowest BCUT2D eigenvalue weighted by Gasteiger charge is -2.06. The molecule has 29 heavy (non-hydrogen) atoms. The molecule has 0 fully saturated rings. The number of thiazole rings is 1. The van der Waals surface area contributed by atoms with E-state index in [1.54, 1.807) is 4.52 Å². The molecule has 148 valence electrons. The molecule has 0 radical (unpaired) electrons. The number of fused-ring (bicyclic) bond motifs is 1. The highest BCUT2D eigenvalue weighted by Crippen LogP contribution is 2.21. The van der Waals surface area contributed by atoms with Crippen LogP contribution in [0, 0.1) is 10.1 Å². The highest BCUT2D eigenvalue weighted by molar-refractivity contribution is 7.89. The van der Waals surface area contributed by atoms with E-state index in [0.29, 0.717) is 12.2 Å². The van der Waals surface area contributed by atoms with E-state index in [9.17, 15) is 18.5 Å². The van der Waals surface area contributed by atoms with Gasteiger partial charge in [0.05, 0.1) is 15.5 Å². The van der Waals surface area contributed by atoms with Gasteiger partial charge in [0.15, 0.2) is 5.82 Å². The van der Waals surface area contributed by atoms with E-state index in [0.717, 1.165) is 22.3 Å². The second kappa shape index (κ2) is 7.70. The van der Waals surface area contributed by atoms with Gasteiger partial charge in [0.1, 0.15) is 0 Å². The molecular formula is C18H15N5O4S2. The number of sulfonamides is 1. The Morgan fingerprint density at radius 1 is 1.14 bits per heavy atom. The lowest BCUT2D eigenvalue weighted by molar-refractivity contribution is -0.385. The number of nitro groups is 1. The molecule has 0 unspecified atom stereocenters. The maximum atomic E-state index is 12.4. The fraction of sp³-hybridized carbons (Fsp3) is 0.111. The number of benzene rings is 2. The van der Waals surface area contributed by atoms with Gasteiger partial charge < -0.3 is 0 Å². The third-order valence-corrected chi connectivity index (χ3v) is 6.52. The smallest absolute Gasteiger partial charge is 0.258 e. The lowest BCUT2D eigenvalue weighted by atomic mass is 10.2. The van der Waals surface area contributed by atoms with Crippen LogP contribution in [-0.2, 0) is 16.4 Å². The van der Waals surface area contributed by atoms with Crippen molar-refractivity contribution in [1.29, 1.82) is 0 Å². The molecule has 0 aliphatic heterocycles. The van der Waals surface area contributed by atoms with Crippen molar-refractivity contribution in [1.82, 2.24) is 19.3 Å². The minimum Gasteiger partial charge on any atom is -0.258 e. The van der Waals surface area contributed by atoms with Crippen LogP contribution in [0.1, 0.15) is 5.69 Å². The Morgan fingerprint density at radius 2 is 1.93 bits per heavy atom. The summed E-state index contributed by atoms with van der Waals surface area (Å²) in [7, 11) is -3.86. The van der Waals surface area contributed by atoms with E-state index >= 15 is 0 Å². The molecule has 0 bridgehead atoms. The summed E-state index contributed by atoms with van der Waals surface area (Å²) in [5.74, 6) is 0.607. The Bertz CT molecular complexity index is 1280. The van der Waals surface area contributed by atoms with Gasteiger partial charge in [0, 0.05) is 36.0 Å². The first-order valence-corrected chi connectivity index (χ1v) is 10.9. The normalized spacial score (nSPS) is 11.7. The number of nitrogens with one attached hydrogen (secondary N) is 1. The Hall–Kier alpha value is -3.15. The summed E-state index contributed by atoms with van der Waals surface area (Å²) in [6.45, 7) is 0.122. The van der Waals surface area contributed by atoms with Crippen molar-refractivity contribution in [3.8, 4) is 11.4 Å². The number of hydrogen-bond acceptors (Lipinski definition) is 7. The number of nitro benzene ring substituents is 1. The van der Waals surface area contributed by atoms with Crippen LogP contribution in [0.15, 0.2) is 64.9 Å². The monoisotopic (exact) mass is 429 g/mol. The number of hydrogen-bond donors (Lipinski definition) is 1. The molecule has 11 heteroatoms. The summed E-state index contributed by atoms with van der Waals surface area (Å²) in [6, 6.07) is 14.5. The van der Waals surface area contributed by atoms with Gasteiger partial charge in [-0.25, -0.2) is 17.7 Å². The first kappa shape index (κ1) is 19.2. The minimum atomic E-state index is -3.86. The molecule has 0 saturated heterocycles. The van der Waals surface area contributed by atoms with Gasteiger partial charge in [0.2, 0.25) is 15.0 Å². The van der Waals surface area contributed by atoms with E-state index in [4.69, 9.17) is 0 Å². The second-order valence-electron chi connectivity index (χ2n) is 6.13. The molecule has 2 aromatic heterocycles. The molecule has 0 aliphatic rings. The number of rotatable bonds is 7. The average Bonchev–Trinajstić information content (AvgIpc) is 3.30. The molecular weight excluding hydrogens is 414 g/mol. The molecule has 2 heterocycles. The lowest BCUT2D eigenvalue weighted by Crippen LogP contribution is -2.26. The van der Waals surface area contributed by atoms with Crippen LogP contribution in [0.4, 0.5) is 5.69 Å². The second-order valence-corrected chi connectivity index (χ2v) is 8.73. The van der Waals surface area contributed by atoms with Crippen molar-refractivity contribution in [2.24, 2.45) is 0 Å². The van der Waals surface area contributed by atoms with Crippen LogP contribution < -0.4 is 4.72 Å². The van der Waals surface area contributed by atoms with Crippen molar-refractivity contribution in [3.63, 3.8) is 0 Å². The van der Waals surface area contributed by atoms with E-state index in [1.807, 2.05) is 35.7 Å². The summed E-state index contributed by atoms with van der Waals surface area (Å²) < 4.78 is 29.0. The predicted octanol–water partition coefficient (Wildman–Crippen LogP) is 2.89. The van der Waals surface area contributed by atoms with Crippen molar-refractivity contribution in [2.45, 2.75) is 11.3 Å². The first-order chi connectivity index (χ1) is 13.9. The number of nitrogens with zero attached hydrogens (tertiary/aromatic N) is 4. The first-order valence-electron chi connectivity index (χ1n) is 8.57. The van der Waals surface area contributed by atoms with Gasteiger partial charge in [-0.3, -0.25) is 10.1 Å². The van der Waals surface area contributed by atoms with Crippen LogP contribution >= 0.6 is 11.3 Å². The fourth-order valence-corrected chi connectivity index (χ4v) is 4.69. The molecule has 1 N–H and O–H groups in total. The van der Waals surface area contributed by atoms with Gasteiger partial charge in [-0.1, -0.05) is 36.4 Å². The van der Waals surface area contributed by atoms with Gasteiger partial charge in [-0.15, -0.1) is 16.4 Å². The van der Waals surface area contributed by atoms with Crippen LogP contribution in [0.2, 0.25) is 0 Å². The van der Waals surface area contributed by atoms with Gasteiger partial charge in [-0.05, 0) is 6.07 Å². The molecule has 9 nitrogen and oxygen atoms in total. The Labute approximate surface area is 169 Å². The molecule has 0 atom stereocenters. The molecule has 2 aromatic carbocycles. The van der Waals surface area contributed by atoms with E-state index in [1.165, 1.54) is 29.5 Å². The molecule has 0 amide bonds. The summed E-state index contributed by atoms with van der Waals surface area (Å²) in [5.41, 5.74) is 1.45. The van der Waals surface area contributed by atoms with Crippen molar-refractivity contribution >= 4 is 32.0 Å². The highest BCUT2D eigenvalue weighted by Gasteiger charge is 2.18. The average molecular weight is 429 g/mol. The maximum absolute atomic E-state index is 12.4. The van der Waals surface area contributed by atoms with Crippen molar-refractivity contribution in [3.05, 3.63) is 75.8 Å². The summed E-state index contributed by atoms with van der Waals surface area (Å²) >= 11 is 1.43. The van der Waals surface area contributed by atoms with Crippen LogP contribution in [0.3, 0.4) is 0 Å². The Balaban J connectivity index is 1.48. The third kappa shape index (κ3) is 4.01. The summed E-state index contributed by atoms with van der Waals surface area (Å²) in [4.78, 5) is 15.3. The van der Waals surface area contributed by atoms with Crippen molar-refractivity contribution < 1.29 is 13.3 Å². The van der Waals surface area contributed by atoms with Crippen LogP contribution in [0.5, 0.6) is 0 Å². The predicted molar refractivity (Wildman–Crippen MR) is 108 cm³/mol. The zero-order chi connectivity index (χ0) is 20.4. The SMILES string of the molecule is O=[N+]([O-])c1cccc(S(=O)(=O)NCCc2csc3nc(-c4ccccc4)nn23)c1. The molecule has 4 aromatic rings. The summed E-state index contributed by atoms with van der Waals surface area (Å²) in [5, 5.41) is 17.2. The van der Waals surface area contributed by atoms with Gasteiger partial charge >= 0.3 is 0 Å². The molecule has 0 aliphatic carbocycles. The fourth-order valence-electron chi connectivity index (χ4n) is 2.77. The molecule has 0 saturated carbocycles. The van der Waals surface area contributed by atoms with Crippen LogP contribution in [-0.4, -0.2) is 34.5 Å². The topological polar surface area (TPSA) is 120 Å². The summed E-state index contributed by atoms with van der Waals surface area (Å²) in [6.07, 6.45) is 0.395. The Morgan fingerprint density at radius 3 is 2.69 bits per heavy atom. The van der Waals surface area contributed by atoms with Crippen LogP contribution in [0.25, 0.3) is 16.3 Å². The standard InChI is InChI=1S/C18H15N5O4S2/c24-23(25)14-7-4-8-16(11-14)29(26,27)19-10-9-15-12-28-18-20-17(21-22(15)18)13-5-2-1-3-6-13/h1-8,11-12,19H,9-10H2. The molecule has 4 rings (SSSR count). The largest absolute Gasteiger partial charge is 0.270 e. The number of aromatic nitrogens is 3.